The maximum atomic E-state index is 13.3. The van der Waals surface area contributed by atoms with Crippen LogP contribution >= 0.6 is 15.9 Å². The van der Waals surface area contributed by atoms with Gasteiger partial charge in [0.15, 0.2) is 6.61 Å². The van der Waals surface area contributed by atoms with E-state index in [-0.39, 0.29) is 18.1 Å². The highest BCUT2D eigenvalue weighted by molar-refractivity contribution is 9.10. The Morgan fingerprint density at radius 2 is 2.00 bits per heavy atom. The molecule has 3 aromatic rings. The molecular formula is C26H30BrN5O4. The van der Waals surface area contributed by atoms with Crippen molar-refractivity contribution in [3.8, 4) is 5.75 Å². The van der Waals surface area contributed by atoms with Gasteiger partial charge in [-0.2, -0.15) is 9.78 Å². The van der Waals surface area contributed by atoms with Crippen molar-refractivity contribution in [2.45, 2.75) is 19.8 Å². The minimum absolute atomic E-state index is 0.0929. The van der Waals surface area contributed by atoms with Gasteiger partial charge < -0.3 is 19.3 Å². The van der Waals surface area contributed by atoms with Gasteiger partial charge in [-0.05, 0) is 36.8 Å². The summed E-state index contributed by atoms with van der Waals surface area (Å²) in [4.78, 5) is 34.3. The van der Waals surface area contributed by atoms with Crippen molar-refractivity contribution in [3.63, 3.8) is 0 Å². The van der Waals surface area contributed by atoms with Gasteiger partial charge in [0.05, 0.1) is 30.3 Å². The van der Waals surface area contributed by atoms with Crippen LogP contribution in [-0.2, 0) is 16.0 Å². The molecule has 2 heterocycles. The van der Waals surface area contributed by atoms with E-state index in [2.05, 4.69) is 26.0 Å². The van der Waals surface area contributed by atoms with Crippen molar-refractivity contribution in [1.29, 1.82) is 0 Å². The molecular weight excluding hydrogens is 526 g/mol. The first-order valence-corrected chi connectivity index (χ1v) is 12.7. The van der Waals surface area contributed by atoms with Gasteiger partial charge >= 0.3 is 0 Å². The minimum Gasteiger partial charge on any atom is -0.483 e. The van der Waals surface area contributed by atoms with Gasteiger partial charge in [-0.25, -0.2) is 4.98 Å². The largest absolute Gasteiger partial charge is 0.483 e. The van der Waals surface area contributed by atoms with E-state index in [1.807, 2.05) is 56.3 Å². The molecule has 190 valence electrons. The quantitative estimate of drug-likeness (QED) is 0.396. The molecule has 36 heavy (non-hydrogen) atoms. The molecule has 0 aliphatic carbocycles. The maximum Gasteiger partial charge on any atom is 0.282 e. The zero-order valence-corrected chi connectivity index (χ0v) is 22.3. The van der Waals surface area contributed by atoms with Crippen molar-refractivity contribution in [3.05, 3.63) is 62.6 Å². The Balaban J connectivity index is 1.67. The molecule has 1 aromatic heterocycles. The standard InChI is InChI=1S/C26H30BrN5O4/c1-4-5-24-29-22-9-7-19(27)14-21(22)26(34)32(24)28-16-18-6-8-20(30(2)3)15-23(18)36-17-25(33)31-10-12-35-13-11-31/h6-9,14-16H,4-5,10-13,17H2,1-3H3. The van der Waals surface area contributed by atoms with Crippen LogP contribution in [0.25, 0.3) is 10.9 Å². The summed E-state index contributed by atoms with van der Waals surface area (Å²) in [5.74, 6) is 0.999. The number of halogens is 1. The molecule has 10 heteroatoms. The highest BCUT2D eigenvalue weighted by Crippen LogP contribution is 2.24. The number of aryl methyl sites for hydroxylation is 1. The van der Waals surface area contributed by atoms with Crippen molar-refractivity contribution in [1.82, 2.24) is 14.6 Å². The molecule has 2 aromatic carbocycles. The van der Waals surface area contributed by atoms with E-state index in [4.69, 9.17) is 9.47 Å². The Kier molecular flexibility index (Phi) is 8.37. The number of aromatic nitrogens is 2. The number of carbonyl (C=O) groups is 1. The molecule has 0 saturated carbocycles. The van der Waals surface area contributed by atoms with Crippen LogP contribution in [-0.4, -0.2) is 73.7 Å². The molecule has 0 atom stereocenters. The fraction of sp³-hybridized carbons (Fsp3) is 0.385. The summed E-state index contributed by atoms with van der Waals surface area (Å²) in [6.45, 7) is 4.12. The third-order valence-corrected chi connectivity index (χ3v) is 6.38. The summed E-state index contributed by atoms with van der Waals surface area (Å²) >= 11 is 3.43. The van der Waals surface area contributed by atoms with Crippen molar-refractivity contribution in [2.24, 2.45) is 5.10 Å². The lowest BCUT2D eigenvalue weighted by Gasteiger charge is -2.27. The SMILES string of the molecule is CCCc1nc2ccc(Br)cc2c(=O)n1N=Cc1ccc(N(C)C)cc1OCC(=O)N1CCOCC1. The highest BCUT2D eigenvalue weighted by Gasteiger charge is 2.18. The normalized spacial score (nSPS) is 13.9. The monoisotopic (exact) mass is 555 g/mol. The second kappa shape index (κ2) is 11.7. The molecule has 0 unspecified atom stereocenters. The van der Waals surface area contributed by atoms with Crippen LogP contribution in [0.3, 0.4) is 0 Å². The number of anilines is 1. The Bertz CT molecular complexity index is 1330. The van der Waals surface area contributed by atoms with E-state index in [1.165, 1.54) is 4.68 Å². The molecule has 0 bridgehead atoms. The Labute approximate surface area is 218 Å². The van der Waals surface area contributed by atoms with E-state index < -0.39 is 0 Å². The van der Waals surface area contributed by atoms with Gasteiger partial charge in [0, 0.05) is 55.4 Å². The third-order valence-electron chi connectivity index (χ3n) is 5.89. The first-order chi connectivity index (χ1) is 17.4. The lowest BCUT2D eigenvalue weighted by Crippen LogP contribution is -2.43. The van der Waals surface area contributed by atoms with E-state index in [0.29, 0.717) is 60.8 Å². The first kappa shape index (κ1) is 25.8. The van der Waals surface area contributed by atoms with Crippen molar-refractivity contribution in [2.75, 3.05) is 51.9 Å². The molecule has 1 aliphatic rings. The van der Waals surface area contributed by atoms with E-state index in [9.17, 15) is 9.59 Å². The fourth-order valence-corrected chi connectivity index (χ4v) is 4.26. The number of hydrogen-bond acceptors (Lipinski definition) is 7. The molecule has 0 N–H and O–H groups in total. The smallest absolute Gasteiger partial charge is 0.282 e. The average molecular weight is 556 g/mol. The molecule has 4 rings (SSSR count). The number of nitrogens with zero attached hydrogens (tertiary/aromatic N) is 5. The fourth-order valence-electron chi connectivity index (χ4n) is 3.90. The van der Waals surface area contributed by atoms with Gasteiger partial charge in [-0.3, -0.25) is 9.59 Å². The number of fused-ring (bicyclic) bond motifs is 1. The van der Waals surface area contributed by atoms with Crippen LogP contribution in [0.4, 0.5) is 5.69 Å². The third kappa shape index (κ3) is 5.93. The molecule has 1 amide bonds. The highest BCUT2D eigenvalue weighted by atomic mass is 79.9. The molecule has 1 fully saturated rings. The number of ether oxygens (including phenoxy) is 2. The van der Waals surface area contributed by atoms with Crippen LogP contribution in [0.1, 0.15) is 24.7 Å². The molecule has 1 aliphatic heterocycles. The minimum atomic E-state index is -0.240. The number of hydrogen-bond donors (Lipinski definition) is 0. The van der Waals surface area contributed by atoms with Crippen LogP contribution in [0.5, 0.6) is 5.75 Å². The summed E-state index contributed by atoms with van der Waals surface area (Å²) in [6.07, 6.45) is 3.01. The van der Waals surface area contributed by atoms with Crippen LogP contribution in [0, 0.1) is 0 Å². The number of amides is 1. The summed E-state index contributed by atoms with van der Waals surface area (Å²) < 4.78 is 13.4. The molecule has 0 radical (unpaired) electrons. The second-order valence-corrected chi connectivity index (χ2v) is 9.62. The predicted octanol–water partition coefficient (Wildman–Crippen LogP) is 3.30. The van der Waals surface area contributed by atoms with Crippen molar-refractivity contribution >= 4 is 44.6 Å². The molecule has 1 saturated heterocycles. The predicted molar refractivity (Wildman–Crippen MR) is 144 cm³/mol. The van der Waals surface area contributed by atoms with Crippen LogP contribution in [0.2, 0.25) is 0 Å². The lowest BCUT2D eigenvalue weighted by molar-refractivity contribution is -0.137. The van der Waals surface area contributed by atoms with Gasteiger partial charge in [0.1, 0.15) is 11.6 Å². The lowest BCUT2D eigenvalue weighted by atomic mass is 10.2. The molecule has 0 spiro atoms. The number of carbonyl (C=O) groups excluding carboxylic acids is 1. The summed E-state index contributed by atoms with van der Waals surface area (Å²) in [5.41, 5.74) is 1.97. The topological polar surface area (TPSA) is 89.3 Å². The Morgan fingerprint density at radius 1 is 1.22 bits per heavy atom. The zero-order chi connectivity index (χ0) is 25.7. The van der Waals surface area contributed by atoms with Gasteiger partial charge in [-0.1, -0.05) is 22.9 Å². The Hall–Kier alpha value is -3.24. The Morgan fingerprint density at radius 3 is 2.72 bits per heavy atom. The van der Waals surface area contributed by atoms with E-state index in [1.54, 1.807) is 17.2 Å². The first-order valence-electron chi connectivity index (χ1n) is 11.9. The second-order valence-electron chi connectivity index (χ2n) is 8.70. The number of morpholine rings is 1. The van der Waals surface area contributed by atoms with E-state index >= 15 is 0 Å². The van der Waals surface area contributed by atoms with Gasteiger partial charge in [-0.15, -0.1) is 0 Å². The van der Waals surface area contributed by atoms with Crippen LogP contribution < -0.4 is 15.2 Å². The van der Waals surface area contributed by atoms with Gasteiger partial charge in [0.25, 0.3) is 11.5 Å². The number of rotatable bonds is 8. The maximum absolute atomic E-state index is 13.3. The number of benzene rings is 2. The van der Waals surface area contributed by atoms with Crippen LogP contribution in [0.15, 0.2) is 50.8 Å². The zero-order valence-electron chi connectivity index (χ0n) is 20.7. The average Bonchev–Trinajstić information content (AvgIpc) is 2.88. The van der Waals surface area contributed by atoms with E-state index in [0.717, 1.165) is 16.6 Å². The summed E-state index contributed by atoms with van der Waals surface area (Å²) in [7, 11) is 3.86. The van der Waals surface area contributed by atoms with Crippen molar-refractivity contribution < 1.29 is 14.3 Å². The van der Waals surface area contributed by atoms with Gasteiger partial charge in [0.2, 0.25) is 0 Å². The summed E-state index contributed by atoms with van der Waals surface area (Å²) in [5, 5.41) is 5.01. The molecule has 9 nitrogen and oxygen atoms in total. The summed E-state index contributed by atoms with van der Waals surface area (Å²) in [6, 6.07) is 11.1.